The standard InChI is InChI=1S/C13H24N2O2/c14-9-13(3-5-16-6-4-13)10-15-7-11-1-2-12(8-15)17-11/h11-12H,1-10,14H2. The number of likely N-dealkylation sites (tertiary alicyclic amines) is 1. The predicted molar refractivity (Wildman–Crippen MR) is 65.9 cm³/mol. The van der Waals surface area contributed by atoms with Crippen LogP contribution in [0.3, 0.4) is 0 Å². The molecule has 2 N–H and O–H groups in total. The maximum absolute atomic E-state index is 6.03. The Morgan fingerprint density at radius 3 is 2.35 bits per heavy atom. The number of morpholine rings is 1. The van der Waals surface area contributed by atoms with Crippen LogP contribution in [0.1, 0.15) is 25.7 Å². The molecule has 3 rings (SSSR count). The zero-order valence-corrected chi connectivity index (χ0v) is 10.6. The first kappa shape index (κ1) is 11.9. The lowest BCUT2D eigenvalue weighted by molar-refractivity contribution is -0.0646. The van der Waals surface area contributed by atoms with Gasteiger partial charge in [0.2, 0.25) is 0 Å². The molecule has 3 aliphatic heterocycles. The summed E-state index contributed by atoms with van der Waals surface area (Å²) in [5.74, 6) is 0. The number of nitrogens with zero attached hydrogens (tertiary/aromatic N) is 1. The maximum Gasteiger partial charge on any atom is 0.0707 e. The molecule has 98 valence electrons. The first-order chi connectivity index (χ1) is 8.30. The molecule has 2 bridgehead atoms. The third-order valence-corrected chi connectivity index (χ3v) is 4.66. The Morgan fingerprint density at radius 1 is 1.12 bits per heavy atom. The van der Waals surface area contributed by atoms with Crippen molar-refractivity contribution in [2.45, 2.75) is 37.9 Å². The van der Waals surface area contributed by atoms with E-state index in [1.807, 2.05) is 0 Å². The van der Waals surface area contributed by atoms with E-state index in [1.54, 1.807) is 0 Å². The number of nitrogens with two attached hydrogens (primary N) is 1. The number of rotatable bonds is 3. The molecule has 0 spiro atoms. The summed E-state index contributed by atoms with van der Waals surface area (Å²) in [6.07, 6.45) is 5.72. The van der Waals surface area contributed by atoms with Gasteiger partial charge in [0.25, 0.3) is 0 Å². The summed E-state index contributed by atoms with van der Waals surface area (Å²) < 4.78 is 11.4. The van der Waals surface area contributed by atoms with E-state index in [4.69, 9.17) is 15.2 Å². The van der Waals surface area contributed by atoms with Crippen molar-refractivity contribution >= 4 is 0 Å². The smallest absolute Gasteiger partial charge is 0.0707 e. The molecule has 0 aromatic carbocycles. The van der Waals surface area contributed by atoms with Crippen LogP contribution in [0, 0.1) is 5.41 Å². The van der Waals surface area contributed by atoms with Crippen molar-refractivity contribution in [3.63, 3.8) is 0 Å². The molecule has 0 aromatic rings. The predicted octanol–water partition coefficient (Wildman–Crippen LogP) is 0.605. The largest absolute Gasteiger partial charge is 0.381 e. The molecule has 3 fully saturated rings. The van der Waals surface area contributed by atoms with Gasteiger partial charge in [0.1, 0.15) is 0 Å². The Labute approximate surface area is 103 Å². The summed E-state index contributed by atoms with van der Waals surface area (Å²) in [5, 5.41) is 0. The van der Waals surface area contributed by atoms with Crippen molar-refractivity contribution in [2.75, 3.05) is 39.4 Å². The van der Waals surface area contributed by atoms with Gasteiger partial charge in [0, 0.05) is 32.8 Å². The number of fused-ring (bicyclic) bond motifs is 2. The molecule has 0 aromatic heterocycles. The van der Waals surface area contributed by atoms with Gasteiger partial charge in [-0.2, -0.15) is 0 Å². The molecule has 0 saturated carbocycles. The number of ether oxygens (including phenoxy) is 2. The van der Waals surface area contributed by atoms with E-state index in [2.05, 4.69) is 4.90 Å². The minimum absolute atomic E-state index is 0.301. The quantitative estimate of drug-likeness (QED) is 0.785. The zero-order valence-electron chi connectivity index (χ0n) is 10.6. The normalized spacial score (nSPS) is 37.2. The Bertz CT molecular complexity index is 254. The van der Waals surface area contributed by atoms with Crippen molar-refractivity contribution in [3.8, 4) is 0 Å². The van der Waals surface area contributed by atoms with Gasteiger partial charge in [-0.25, -0.2) is 0 Å². The van der Waals surface area contributed by atoms with Gasteiger partial charge in [-0.05, 0) is 37.6 Å². The van der Waals surface area contributed by atoms with Gasteiger partial charge < -0.3 is 15.2 Å². The Balaban J connectivity index is 1.61. The minimum atomic E-state index is 0.301. The molecule has 0 amide bonds. The lowest BCUT2D eigenvalue weighted by atomic mass is 9.79. The molecule has 4 heteroatoms. The molecule has 4 nitrogen and oxygen atoms in total. The first-order valence-corrected chi connectivity index (χ1v) is 6.95. The Hall–Kier alpha value is -0.160. The van der Waals surface area contributed by atoms with Gasteiger partial charge in [0.15, 0.2) is 0 Å². The molecule has 3 heterocycles. The third kappa shape index (κ3) is 2.50. The summed E-state index contributed by atoms with van der Waals surface area (Å²) in [7, 11) is 0. The zero-order chi connectivity index (χ0) is 11.7. The van der Waals surface area contributed by atoms with Crippen molar-refractivity contribution in [2.24, 2.45) is 11.1 Å². The second-order valence-electron chi connectivity index (χ2n) is 5.97. The fourth-order valence-corrected chi connectivity index (χ4v) is 3.53. The Kier molecular flexibility index (Phi) is 3.39. The Morgan fingerprint density at radius 2 is 1.76 bits per heavy atom. The summed E-state index contributed by atoms with van der Waals surface area (Å²) in [6.45, 7) is 5.92. The molecular weight excluding hydrogens is 216 g/mol. The van der Waals surface area contributed by atoms with E-state index in [1.165, 1.54) is 12.8 Å². The van der Waals surface area contributed by atoms with Crippen LogP contribution in [-0.4, -0.2) is 56.5 Å². The fraction of sp³-hybridized carbons (Fsp3) is 1.00. The van der Waals surface area contributed by atoms with Gasteiger partial charge in [-0.3, -0.25) is 4.90 Å². The molecule has 2 atom stereocenters. The summed E-state index contributed by atoms with van der Waals surface area (Å²) in [5.41, 5.74) is 6.33. The highest BCUT2D eigenvalue weighted by Crippen LogP contribution is 2.33. The van der Waals surface area contributed by atoms with Crippen LogP contribution in [0.2, 0.25) is 0 Å². The first-order valence-electron chi connectivity index (χ1n) is 6.95. The monoisotopic (exact) mass is 240 g/mol. The fourth-order valence-electron chi connectivity index (χ4n) is 3.53. The second kappa shape index (κ2) is 4.84. The van der Waals surface area contributed by atoms with Crippen molar-refractivity contribution in [1.82, 2.24) is 4.90 Å². The molecule has 2 unspecified atom stereocenters. The average molecular weight is 240 g/mol. The lowest BCUT2D eigenvalue weighted by Crippen LogP contribution is -2.51. The average Bonchev–Trinajstić information content (AvgIpc) is 2.70. The van der Waals surface area contributed by atoms with Crippen LogP contribution < -0.4 is 5.73 Å². The van der Waals surface area contributed by atoms with Crippen molar-refractivity contribution in [1.29, 1.82) is 0 Å². The molecule has 0 aliphatic carbocycles. The highest BCUT2D eigenvalue weighted by atomic mass is 16.5. The van der Waals surface area contributed by atoms with Crippen LogP contribution in [-0.2, 0) is 9.47 Å². The summed E-state index contributed by atoms with van der Waals surface area (Å²) >= 11 is 0. The highest BCUT2D eigenvalue weighted by Gasteiger charge is 2.38. The summed E-state index contributed by atoms with van der Waals surface area (Å²) in [4.78, 5) is 2.59. The van der Waals surface area contributed by atoms with E-state index in [-0.39, 0.29) is 0 Å². The van der Waals surface area contributed by atoms with Gasteiger partial charge in [-0.1, -0.05) is 0 Å². The van der Waals surface area contributed by atoms with Crippen LogP contribution in [0.15, 0.2) is 0 Å². The topological polar surface area (TPSA) is 47.7 Å². The van der Waals surface area contributed by atoms with Gasteiger partial charge in [-0.15, -0.1) is 0 Å². The van der Waals surface area contributed by atoms with Crippen LogP contribution in [0.5, 0.6) is 0 Å². The van der Waals surface area contributed by atoms with Crippen molar-refractivity contribution in [3.05, 3.63) is 0 Å². The van der Waals surface area contributed by atoms with E-state index >= 15 is 0 Å². The van der Waals surface area contributed by atoms with Gasteiger partial charge >= 0.3 is 0 Å². The molecule has 0 radical (unpaired) electrons. The van der Waals surface area contributed by atoms with Crippen LogP contribution in [0.25, 0.3) is 0 Å². The van der Waals surface area contributed by atoms with Crippen LogP contribution in [0.4, 0.5) is 0 Å². The molecule has 17 heavy (non-hydrogen) atoms. The van der Waals surface area contributed by atoms with E-state index in [9.17, 15) is 0 Å². The summed E-state index contributed by atoms with van der Waals surface area (Å²) in [6, 6.07) is 0. The minimum Gasteiger partial charge on any atom is -0.381 e. The maximum atomic E-state index is 6.03. The van der Waals surface area contributed by atoms with E-state index < -0.39 is 0 Å². The molecule has 3 aliphatic rings. The molecule has 3 saturated heterocycles. The number of hydrogen-bond donors (Lipinski definition) is 1. The van der Waals surface area contributed by atoms with Crippen molar-refractivity contribution < 1.29 is 9.47 Å². The highest BCUT2D eigenvalue weighted by molar-refractivity contribution is 4.91. The number of hydrogen-bond acceptors (Lipinski definition) is 4. The third-order valence-electron chi connectivity index (χ3n) is 4.66. The van der Waals surface area contributed by atoms with E-state index in [0.717, 1.165) is 52.2 Å². The SMILES string of the molecule is NCC1(CN2CC3CCC(C2)O3)CCOCC1. The van der Waals surface area contributed by atoms with Gasteiger partial charge in [0.05, 0.1) is 12.2 Å². The van der Waals surface area contributed by atoms with E-state index in [0.29, 0.717) is 17.6 Å². The molecular formula is C13H24N2O2. The lowest BCUT2D eigenvalue weighted by Gasteiger charge is -2.42. The van der Waals surface area contributed by atoms with Crippen LogP contribution >= 0.6 is 0 Å². The second-order valence-corrected chi connectivity index (χ2v) is 5.97.